The minimum Gasteiger partial charge on any atom is -0.495 e. The summed E-state index contributed by atoms with van der Waals surface area (Å²) in [4.78, 5) is 26.5. The van der Waals surface area contributed by atoms with E-state index in [-0.39, 0.29) is 0 Å². The number of nitrogens with one attached hydrogen (secondary N) is 1. The zero-order valence-electron chi connectivity index (χ0n) is 17.7. The Kier molecular flexibility index (Phi) is 5.32. The van der Waals surface area contributed by atoms with Gasteiger partial charge in [0.2, 0.25) is 0 Å². The molecule has 0 bridgehead atoms. The van der Waals surface area contributed by atoms with E-state index in [0.717, 1.165) is 33.0 Å². The van der Waals surface area contributed by atoms with Crippen LogP contribution in [0.15, 0.2) is 101 Å². The maximum Gasteiger partial charge on any atom is 0.332 e. The van der Waals surface area contributed by atoms with Crippen molar-refractivity contribution in [2.24, 2.45) is 0 Å². The molecule has 0 radical (unpaired) electrons. The second-order valence-corrected chi connectivity index (χ2v) is 8.06. The predicted molar refractivity (Wildman–Crippen MR) is 133 cm³/mol. The van der Waals surface area contributed by atoms with E-state index < -0.39 is 11.2 Å². The molecule has 1 heterocycles. The van der Waals surface area contributed by atoms with Crippen LogP contribution in [0.5, 0.6) is 5.75 Å². The Hall–Kier alpha value is -4.09. The summed E-state index contributed by atoms with van der Waals surface area (Å²) >= 11 is 6.28. The largest absolute Gasteiger partial charge is 0.495 e. The third-order valence-electron chi connectivity index (χ3n) is 5.58. The molecule has 0 aliphatic rings. The van der Waals surface area contributed by atoms with Crippen molar-refractivity contribution in [3.63, 3.8) is 0 Å². The highest BCUT2D eigenvalue weighted by Crippen LogP contribution is 2.42. The summed E-state index contributed by atoms with van der Waals surface area (Å²) in [5, 5.41) is 2.81. The molecule has 0 amide bonds. The SMILES string of the molecule is COc1c(-c2cccc(Cl)c2)cc(-n2ccc(=O)[nH]c2=O)cc1-c1ccc2ccccc2c1. The van der Waals surface area contributed by atoms with Crippen molar-refractivity contribution in [3.8, 4) is 33.7 Å². The molecule has 6 heteroatoms. The summed E-state index contributed by atoms with van der Waals surface area (Å²) in [5.74, 6) is 0.661. The van der Waals surface area contributed by atoms with Crippen LogP contribution in [0.3, 0.4) is 0 Å². The Morgan fingerprint density at radius 1 is 0.788 bits per heavy atom. The number of methoxy groups -OCH3 is 1. The van der Waals surface area contributed by atoms with Crippen LogP contribution in [0.2, 0.25) is 5.02 Å². The first kappa shape index (κ1) is 20.8. The van der Waals surface area contributed by atoms with E-state index in [1.807, 2.05) is 48.5 Å². The van der Waals surface area contributed by atoms with Crippen LogP contribution >= 0.6 is 11.6 Å². The Morgan fingerprint density at radius 2 is 1.52 bits per heavy atom. The average molecular weight is 455 g/mol. The lowest BCUT2D eigenvalue weighted by molar-refractivity contribution is 0.418. The number of fused-ring (bicyclic) bond motifs is 1. The number of hydrogen-bond donors (Lipinski definition) is 1. The molecule has 5 rings (SSSR count). The highest BCUT2D eigenvalue weighted by atomic mass is 35.5. The highest BCUT2D eigenvalue weighted by Gasteiger charge is 2.17. The Bertz CT molecular complexity index is 1620. The molecule has 4 aromatic carbocycles. The number of rotatable bonds is 4. The summed E-state index contributed by atoms with van der Waals surface area (Å²) in [6.07, 6.45) is 1.47. The fourth-order valence-electron chi connectivity index (χ4n) is 4.03. The zero-order chi connectivity index (χ0) is 22.9. The molecule has 33 heavy (non-hydrogen) atoms. The van der Waals surface area contributed by atoms with Crippen molar-refractivity contribution < 1.29 is 4.74 Å². The first-order valence-electron chi connectivity index (χ1n) is 10.3. The number of hydrogen-bond acceptors (Lipinski definition) is 3. The second-order valence-electron chi connectivity index (χ2n) is 7.63. The van der Waals surface area contributed by atoms with Crippen molar-refractivity contribution in [1.29, 1.82) is 0 Å². The topological polar surface area (TPSA) is 64.1 Å². The molecule has 0 aliphatic heterocycles. The molecule has 5 nitrogen and oxygen atoms in total. The van der Waals surface area contributed by atoms with Gasteiger partial charge >= 0.3 is 5.69 Å². The molecule has 5 aromatic rings. The van der Waals surface area contributed by atoms with E-state index in [4.69, 9.17) is 16.3 Å². The van der Waals surface area contributed by atoms with Gasteiger partial charge in [-0.3, -0.25) is 14.3 Å². The minimum absolute atomic E-state index is 0.449. The monoisotopic (exact) mass is 454 g/mol. The quantitative estimate of drug-likeness (QED) is 0.380. The number of ether oxygens (including phenoxy) is 1. The number of aromatic amines is 1. The number of aromatic nitrogens is 2. The molecule has 1 N–H and O–H groups in total. The van der Waals surface area contributed by atoms with Crippen LogP contribution in [-0.4, -0.2) is 16.7 Å². The van der Waals surface area contributed by atoms with E-state index in [2.05, 4.69) is 29.2 Å². The van der Waals surface area contributed by atoms with Crippen LogP contribution in [0.4, 0.5) is 0 Å². The van der Waals surface area contributed by atoms with Gasteiger partial charge < -0.3 is 4.74 Å². The van der Waals surface area contributed by atoms with Gasteiger partial charge in [-0.05, 0) is 52.2 Å². The third kappa shape index (κ3) is 3.95. The lowest BCUT2D eigenvalue weighted by Crippen LogP contribution is -2.27. The van der Waals surface area contributed by atoms with Crippen LogP contribution in [-0.2, 0) is 0 Å². The fraction of sp³-hybridized carbons (Fsp3) is 0.0370. The Labute approximate surface area is 194 Å². The zero-order valence-corrected chi connectivity index (χ0v) is 18.5. The number of H-pyrrole nitrogens is 1. The second kappa shape index (κ2) is 8.45. The maximum absolute atomic E-state index is 12.6. The predicted octanol–water partition coefficient (Wildman–Crippen LogP) is 5.68. The molecule has 0 fully saturated rings. The van der Waals surface area contributed by atoms with Gasteiger partial charge in [0.1, 0.15) is 5.75 Å². The number of halogens is 1. The Balaban J connectivity index is 1.84. The van der Waals surface area contributed by atoms with Gasteiger partial charge in [-0.2, -0.15) is 0 Å². The number of nitrogens with zero attached hydrogens (tertiary/aromatic N) is 1. The van der Waals surface area contributed by atoms with Crippen molar-refractivity contribution >= 4 is 22.4 Å². The summed E-state index contributed by atoms with van der Waals surface area (Å²) in [7, 11) is 1.62. The molecule has 0 atom stereocenters. The Morgan fingerprint density at radius 3 is 2.21 bits per heavy atom. The van der Waals surface area contributed by atoms with E-state index in [1.165, 1.54) is 16.8 Å². The summed E-state index contributed by atoms with van der Waals surface area (Å²) in [5.41, 5.74) is 3.00. The smallest absolute Gasteiger partial charge is 0.332 e. The first-order valence-corrected chi connectivity index (χ1v) is 10.7. The summed E-state index contributed by atoms with van der Waals surface area (Å²) in [6, 6.07) is 26.8. The van der Waals surface area contributed by atoms with Gasteiger partial charge in [0.15, 0.2) is 0 Å². The average Bonchev–Trinajstić information content (AvgIpc) is 2.83. The summed E-state index contributed by atoms with van der Waals surface area (Å²) < 4.78 is 7.29. The van der Waals surface area contributed by atoms with Gasteiger partial charge in [0.05, 0.1) is 12.8 Å². The normalized spacial score (nSPS) is 11.0. The van der Waals surface area contributed by atoms with Crippen LogP contribution in [0.1, 0.15) is 0 Å². The van der Waals surface area contributed by atoms with Crippen LogP contribution < -0.4 is 16.0 Å². The van der Waals surface area contributed by atoms with Gasteiger partial charge in [0, 0.05) is 28.4 Å². The molecular weight excluding hydrogens is 436 g/mol. The molecular formula is C27H19ClN2O3. The molecule has 0 saturated carbocycles. The van der Waals surface area contributed by atoms with Crippen molar-refractivity contribution in [2.75, 3.05) is 7.11 Å². The van der Waals surface area contributed by atoms with Crippen molar-refractivity contribution in [2.45, 2.75) is 0 Å². The molecule has 0 saturated heterocycles. The van der Waals surface area contributed by atoms with E-state index in [0.29, 0.717) is 16.5 Å². The van der Waals surface area contributed by atoms with Crippen molar-refractivity contribution in [3.05, 3.63) is 117 Å². The van der Waals surface area contributed by atoms with Gasteiger partial charge in [0.25, 0.3) is 5.56 Å². The highest BCUT2D eigenvalue weighted by molar-refractivity contribution is 6.30. The number of benzene rings is 4. The van der Waals surface area contributed by atoms with E-state index >= 15 is 0 Å². The first-order chi connectivity index (χ1) is 16.0. The lowest BCUT2D eigenvalue weighted by atomic mass is 9.94. The lowest BCUT2D eigenvalue weighted by Gasteiger charge is -2.18. The molecule has 1 aromatic heterocycles. The van der Waals surface area contributed by atoms with Gasteiger partial charge in [-0.25, -0.2) is 4.79 Å². The fourth-order valence-corrected chi connectivity index (χ4v) is 4.23. The third-order valence-corrected chi connectivity index (χ3v) is 5.81. The van der Waals surface area contributed by atoms with Crippen LogP contribution in [0, 0.1) is 0 Å². The van der Waals surface area contributed by atoms with Crippen LogP contribution in [0.25, 0.3) is 38.7 Å². The van der Waals surface area contributed by atoms with E-state index in [9.17, 15) is 9.59 Å². The van der Waals surface area contributed by atoms with E-state index in [1.54, 1.807) is 13.2 Å². The standard InChI is InChI=1S/C27H19ClN2O3/c1-33-26-23(19-7-4-8-21(28)14-19)15-22(30-12-11-25(31)29-27(30)32)16-24(26)20-10-9-17-5-2-3-6-18(17)13-20/h2-16H,1H3,(H,29,31,32). The molecule has 0 unspecified atom stereocenters. The van der Waals surface area contributed by atoms with Gasteiger partial charge in [-0.1, -0.05) is 60.1 Å². The minimum atomic E-state index is -0.519. The van der Waals surface area contributed by atoms with Gasteiger partial charge in [-0.15, -0.1) is 0 Å². The van der Waals surface area contributed by atoms with Crippen molar-refractivity contribution in [1.82, 2.24) is 9.55 Å². The molecule has 162 valence electrons. The summed E-state index contributed by atoms with van der Waals surface area (Å²) in [6.45, 7) is 0. The molecule has 0 aliphatic carbocycles. The maximum atomic E-state index is 12.6. The molecule has 0 spiro atoms.